The van der Waals surface area contributed by atoms with Gasteiger partial charge in [-0.1, -0.05) is 18.8 Å². The van der Waals surface area contributed by atoms with Crippen LogP contribution in [-0.2, 0) is 0 Å². The minimum Gasteiger partial charge on any atom is -0.472 e. The molecule has 0 bridgehead atoms. The first kappa shape index (κ1) is 22.2. The highest BCUT2D eigenvalue weighted by atomic mass is 16.5. The Kier molecular flexibility index (Phi) is 7.05. The number of hydrogen-bond acceptors (Lipinski definition) is 6. The minimum atomic E-state index is -1.14. The molecule has 0 unspecified atom stereocenters. The van der Waals surface area contributed by atoms with Gasteiger partial charge >= 0.3 is 0 Å². The summed E-state index contributed by atoms with van der Waals surface area (Å²) in [6.07, 6.45) is 1.39. The Bertz CT molecular complexity index is 761. The van der Waals surface area contributed by atoms with Gasteiger partial charge in [0.2, 0.25) is 5.88 Å². The molecule has 2 heterocycles. The third kappa shape index (κ3) is 5.68. The zero-order valence-corrected chi connectivity index (χ0v) is 17.6. The SMILES string of the molecule is C[C@H](CO)N1C[C@H](C)[C@H](CN(C)C)Oc2ncc(C#CC(C)(C)O)cc2C1=O. The van der Waals surface area contributed by atoms with E-state index in [9.17, 15) is 15.0 Å². The van der Waals surface area contributed by atoms with Crippen molar-refractivity contribution in [3.05, 3.63) is 23.4 Å². The quantitative estimate of drug-likeness (QED) is 0.747. The first-order chi connectivity index (χ1) is 13.0. The molecule has 0 spiro atoms. The fraction of sp³-hybridized carbons (Fsp3) is 0.619. The Morgan fingerprint density at radius 1 is 1.46 bits per heavy atom. The van der Waals surface area contributed by atoms with Gasteiger partial charge in [-0.05, 0) is 40.9 Å². The largest absolute Gasteiger partial charge is 0.472 e. The summed E-state index contributed by atoms with van der Waals surface area (Å²) in [6.45, 7) is 8.06. The summed E-state index contributed by atoms with van der Waals surface area (Å²) in [6, 6.07) is 1.32. The molecule has 0 aliphatic carbocycles. The zero-order valence-electron chi connectivity index (χ0n) is 17.6. The van der Waals surface area contributed by atoms with Gasteiger partial charge in [0, 0.05) is 30.8 Å². The van der Waals surface area contributed by atoms with Gasteiger partial charge < -0.3 is 24.7 Å². The lowest BCUT2D eigenvalue weighted by atomic mass is 10.00. The number of pyridine rings is 1. The molecule has 1 aliphatic rings. The van der Waals surface area contributed by atoms with E-state index >= 15 is 0 Å². The summed E-state index contributed by atoms with van der Waals surface area (Å²) in [5.74, 6) is 5.67. The van der Waals surface area contributed by atoms with Crippen LogP contribution >= 0.6 is 0 Å². The predicted molar refractivity (Wildman–Crippen MR) is 107 cm³/mol. The van der Waals surface area contributed by atoms with Gasteiger partial charge in [0.1, 0.15) is 17.3 Å². The lowest BCUT2D eigenvalue weighted by molar-refractivity contribution is 0.0348. The fourth-order valence-electron chi connectivity index (χ4n) is 2.97. The molecular weight excluding hydrogens is 358 g/mol. The first-order valence-corrected chi connectivity index (χ1v) is 9.50. The summed E-state index contributed by atoms with van der Waals surface area (Å²) in [5.41, 5.74) is -0.306. The summed E-state index contributed by atoms with van der Waals surface area (Å²) in [4.78, 5) is 21.3. The maximum atomic E-state index is 13.2. The number of hydrogen-bond donors (Lipinski definition) is 2. The van der Waals surface area contributed by atoms with Crippen LogP contribution in [0.2, 0.25) is 0 Å². The number of aliphatic hydroxyl groups is 2. The highest BCUT2D eigenvalue weighted by Gasteiger charge is 2.33. The lowest BCUT2D eigenvalue weighted by Gasteiger charge is -2.37. The van der Waals surface area contributed by atoms with Crippen LogP contribution in [0.5, 0.6) is 5.88 Å². The average molecular weight is 389 g/mol. The van der Waals surface area contributed by atoms with E-state index in [0.29, 0.717) is 24.2 Å². The smallest absolute Gasteiger partial charge is 0.259 e. The third-order valence-corrected chi connectivity index (χ3v) is 4.58. The molecular formula is C21H31N3O4. The van der Waals surface area contributed by atoms with Crippen molar-refractivity contribution in [1.29, 1.82) is 0 Å². The Hall–Kier alpha value is -2.14. The Morgan fingerprint density at radius 3 is 2.71 bits per heavy atom. The molecule has 1 amide bonds. The lowest BCUT2D eigenvalue weighted by Crippen LogP contribution is -2.49. The van der Waals surface area contributed by atoms with Gasteiger partial charge in [0.05, 0.1) is 12.6 Å². The number of aromatic nitrogens is 1. The van der Waals surface area contributed by atoms with E-state index in [4.69, 9.17) is 4.74 Å². The number of carbonyl (C=O) groups is 1. The molecule has 28 heavy (non-hydrogen) atoms. The maximum Gasteiger partial charge on any atom is 0.259 e. The molecule has 0 radical (unpaired) electrons. The highest BCUT2D eigenvalue weighted by Crippen LogP contribution is 2.27. The van der Waals surface area contributed by atoms with E-state index in [1.807, 2.05) is 32.8 Å². The van der Waals surface area contributed by atoms with Crippen molar-refractivity contribution in [3.8, 4) is 17.7 Å². The van der Waals surface area contributed by atoms with Gasteiger partial charge in [0.15, 0.2) is 0 Å². The molecule has 3 atom stereocenters. The van der Waals surface area contributed by atoms with E-state index < -0.39 is 5.60 Å². The number of amides is 1. The monoisotopic (exact) mass is 389 g/mol. The van der Waals surface area contributed by atoms with Crippen molar-refractivity contribution in [3.63, 3.8) is 0 Å². The number of ether oxygens (including phenoxy) is 1. The van der Waals surface area contributed by atoms with Gasteiger partial charge in [-0.3, -0.25) is 4.79 Å². The number of rotatable bonds is 4. The second-order valence-electron chi connectivity index (χ2n) is 8.27. The summed E-state index contributed by atoms with van der Waals surface area (Å²) in [5, 5.41) is 19.5. The summed E-state index contributed by atoms with van der Waals surface area (Å²) >= 11 is 0. The Balaban J connectivity index is 2.51. The van der Waals surface area contributed by atoms with E-state index in [2.05, 4.69) is 16.8 Å². The number of carbonyl (C=O) groups excluding carboxylic acids is 1. The maximum absolute atomic E-state index is 13.2. The van der Waals surface area contributed by atoms with Crippen molar-refractivity contribution < 1.29 is 19.7 Å². The minimum absolute atomic E-state index is 0.0601. The number of nitrogens with zero attached hydrogens (tertiary/aromatic N) is 3. The van der Waals surface area contributed by atoms with Crippen LogP contribution in [0.4, 0.5) is 0 Å². The van der Waals surface area contributed by atoms with Gasteiger partial charge in [-0.15, -0.1) is 0 Å². The van der Waals surface area contributed by atoms with Crippen LogP contribution < -0.4 is 4.74 Å². The van der Waals surface area contributed by atoms with E-state index in [1.54, 1.807) is 31.0 Å². The summed E-state index contributed by atoms with van der Waals surface area (Å²) < 4.78 is 6.13. The van der Waals surface area contributed by atoms with Crippen molar-refractivity contribution in [1.82, 2.24) is 14.8 Å². The molecule has 2 rings (SSSR count). The number of likely N-dealkylation sites (N-methyl/N-ethyl adjacent to an activating group) is 1. The number of aliphatic hydroxyl groups excluding tert-OH is 1. The van der Waals surface area contributed by atoms with Crippen LogP contribution in [0.1, 0.15) is 43.6 Å². The van der Waals surface area contributed by atoms with Crippen LogP contribution in [0, 0.1) is 17.8 Å². The van der Waals surface area contributed by atoms with Crippen LogP contribution in [0.3, 0.4) is 0 Å². The average Bonchev–Trinajstić information content (AvgIpc) is 2.61. The molecule has 1 aliphatic heterocycles. The van der Waals surface area contributed by atoms with Crippen LogP contribution in [-0.4, -0.2) is 82.4 Å². The van der Waals surface area contributed by atoms with Crippen LogP contribution in [0.15, 0.2) is 12.3 Å². The highest BCUT2D eigenvalue weighted by molar-refractivity contribution is 5.97. The summed E-state index contributed by atoms with van der Waals surface area (Å²) in [7, 11) is 3.94. The molecule has 154 valence electrons. The Morgan fingerprint density at radius 2 is 2.14 bits per heavy atom. The second kappa shape index (κ2) is 8.91. The normalized spacial score (nSPS) is 21.2. The third-order valence-electron chi connectivity index (χ3n) is 4.58. The zero-order chi connectivity index (χ0) is 21.1. The first-order valence-electron chi connectivity index (χ1n) is 9.50. The van der Waals surface area contributed by atoms with Crippen molar-refractivity contribution in [2.75, 3.05) is 33.8 Å². The molecule has 7 nitrogen and oxygen atoms in total. The standard InChI is InChI=1S/C21H31N3O4/c1-14-11-24(15(2)13-25)20(26)17-9-16(7-8-21(3,4)27)10-22-19(17)28-18(14)12-23(5)6/h9-10,14-15,18,25,27H,11-13H2,1-6H3/t14-,15+,18-/m0/s1. The molecule has 0 fully saturated rings. The van der Waals surface area contributed by atoms with Crippen molar-refractivity contribution in [2.24, 2.45) is 5.92 Å². The van der Waals surface area contributed by atoms with Gasteiger partial charge in [0.25, 0.3) is 5.91 Å². The topological polar surface area (TPSA) is 86.1 Å². The van der Waals surface area contributed by atoms with Crippen molar-refractivity contribution >= 4 is 5.91 Å². The molecule has 2 N–H and O–H groups in total. The second-order valence-corrected chi connectivity index (χ2v) is 8.27. The molecule has 0 saturated carbocycles. The van der Waals surface area contributed by atoms with E-state index in [0.717, 1.165) is 0 Å². The predicted octanol–water partition coefficient (Wildman–Crippen LogP) is 0.986. The number of fused-ring (bicyclic) bond motifs is 1. The Labute approximate surface area is 167 Å². The molecule has 7 heteroatoms. The molecule has 0 saturated heterocycles. The van der Waals surface area contributed by atoms with Gasteiger partial charge in [-0.2, -0.15) is 0 Å². The molecule has 0 aromatic carbocycles. The van der Waals surface area contributed by atoms with E-state index in [1.165, 1.54) is 0 Å². The van der Waals surface area contributed by atoms with Gasteiger partial charge in [-0.25, -0.2) is 4.98 Å². The molecule has 1 aromatic heterocycles. The fourth-order valence-corrected chi connectivity index (χ4v) is 2.97. The van der Waals surface area contributed by atoms with Crippen molar-refractivity contribution in [2.45, 2.75) is 45.4 Å². The van der Waals surface area contributed by atoms with E-state index in [-0.39, 0.29) is 36.5 Å². The van der Waals surface area contributed by atoms with Crippen LogP contribution in [0.25, 0.3) is 0 Å². The molecule has 1 aromatic rings.